The van der Waals surface area contributed by atoms with E-state index in [1.807, 2.05) is 36.1 Å². The zero-order chi connectivity index (χ0) is 16.7. The number of nitrogens with zero attached hydrogens (tertiary/aromatic N) is 4. The third kappa shape index (κ3) is 2.31. The lowest BCUT2D eigenvalue weighted by Crippen LogP contribution is -2.37. The first-order chi connectivity index (χ1) is 11.7. The third-order valence-corrected chi connectivity index (χ3v) is 4.41. The number of fused-ring (bicyclic) bond motifs is 2. The van der Waals surface area contributed by atoms with Crippen LogP contribution < -0.4 is 4.74 Å². The largest absolute Gasteiger partial charge is 0.496 e. The van der Waals surface area contributed by atoms with Crippen LogP contribution in [-0.4, -0.2) is 39.1 Å². The second kappa shape index (κ2) is 5.63. The molecule has 0 saturated heterocycles. The Hall–Kier alpha value is -2.89. The van der Waals surface area contributed by atoms with Gasteiger partial charge in [0.2, 0.25) is 0 Å². The fourth-order valence-corrected chi connectivity index (χ4v) is 3.28. The molecule has 1 aliphatic heterocycles. The lowest BCUT2D eigenvalue weighted by atomic mass is 9.98. The molecule has 0 bridgehead atoms. The molecular weight excluding hydrogens is 304 g/mol. The molecule has 6 heteroatoms. The molecule has 6 nitrogen and oxygen atoms in total. The van der Waals surface area contributed by atoms with Crippen LogP contribution in [0.1, 0.15) is 27.4 Å². The van der Waals surface area contributed by atoms with Gasteiger partial charge >= 0.3 is 0 Å². The van der Waals surface area contributed by atoms with E-state index in [9.17, 15) is 4.79 Å². The number of rotatable bonds is 2. The molecule has 24 heavy (non-hydrogen) atoms. The first-order valence-electron chi connectivity index (χ1n) is 7.94. The van der Waals surface area contributed by atoms with Gasteiger partial charge < -0.3 is 9.64 Å². The Bertz CT molecular complexity index is 932. The van der Waals surface area contributed by atoms with Crippen LogP contribution in [0.25, 0.3) is 5.65 Å². The first-order valence-corrected chi connectivity index (χ1v) is 7.94. The standard InChI is InChI=1S/C18H18N4O2/c1-12-19-17-8-4-6-15(22(17)20-12)18(23)21-10-9-14-13(11-21)5-3-7-16(14)24-2/h3-8H,9-11H2,1-2H3. The van der Waals surface area contributed by atoms with Crippen molar-refractivity contribution in [3.05, 3.63) is 59.0 Å². The van der Waals surface area contributed by atoms with E-state index in [1.165, 1.54) is 5.56 Å². The Kier molecular flexibility index (Phi) is 3.45. The number of hydrogen-bond acceptors (Lipinski definition) is 4. The molecule has 4 rings (SSSR count). The Morgan fingerprint density at radius 3 is 2.88 bits per heavy atom. The summed E-state index contributed by atoms with van der Waals surface area (Å²) in [5.41, 5.74) is 3.56. The number of pyridine rings is 1. The zero-order valence-electron chi connectivity index (χ0n) is 13.7. The highest BCUT2D eigenvalue weighted by molar-refractivity contribution is 5.93. The summed E-state index contributed by atoms with van der Waals surface area (Å²) in [6.45, 7) is 3.07. The number of carbonyl (C=O) groups is 1. The number of methoxy groups -OCH3 is 1. The quantitative estimate of drug-likeness (QED) is 0.726. The summed E-state index contributed by atoms with van der Waals surface area (Å²) in [5, 5.41) is 4.34. The Morgan fingerprint density at radius 1 is 1.21 bits per heavy atom. The second-order valence-electron chi connectivity index (χ2n) is 5.91. The van der Waals surface area contributed by atoms with Crippen LogP contribution in [0.3, 0.4) is 0 Å². The molecule has 0 fully saturated rings. The summed E-state index contributed by atoms with van der Waals surface area (Å²) in [5.74, 6) is 1.52. The van der Waals surface area contributed by atoms with Gasteiger partial charge in [-0.05, 0) is 37.1 Å². The molecular formula is C18H18N4O2. The maximum absolute atomic E-state index is 13.0. The van der Waals surface area contributed by atoms with Crippen LogP contribution in [0.4, 0.5) is 0 Å². The smallest absolute Gasteiger partial charge is 0.272 e. The molecule has 3 heterocycles. The molecule has 0 spiro atoms. The minimum atomic E-state index is -0.0287. The van der Waals surface area contributed by atoms with E-state index in [-0.39, 0.29) is 5.91 Å². The molecule has 1 amide bonds. The maximum atomic E-state index is 13.0. The average Bonchev–Trinajstić information content (AvgIpc) is 3.00. The zero-order valence-corrected chi connectivity index (χ0v) is 13.7. The van der Waals surface area contributed by atoms with Crippen LogP contribution in [0, 0.1) is 6.92 Å². The average molecular weight is 322 g/mol. The molecule has 0 atom stereocenters. The van der Waals surface area contributed by atoms with Crippen molar-refractivity contribution >= 4 is 11.6 Å². The third-order valence-electron chi connectivity index (χ3n) is 4.41. The van der Waals surface area contributed by atoms with Crippen molar-refractivity contribution in [2.75, 3.05) is 13.7 Å². The van der Waals surface area contributed by atoms with E-state index in [4.69, 9.17) is 4.74 Å². The molecule has 0 saturated carbocycles. The van der Waals surface area contributed by atoms with Gasteiger partial charge in [0.15, 0.2) is 5.65 Å². The fraction of sp³-hybridized carbons (Fsp3) is 0.278. The topological polar surface area (TPSA) is 59.7 Å². The summed E-state index contributed by atoms with van der Waals surface area (Å²) < 4.78 is 7.05. The van der Waals surface area contributed by atoms with Gasteiger partial charge in [-0.1, -0.05) is 18.2 Å². The van der Waals surface area contributed by atoms with Gasteiger partial charge in [0, 0.05) is 18.7 Å². The van der Waals surface area contributed by atoms with Crippen molar-refractivity contribution in [2.24, 2.45) is 0 Å². The highest BCUT2D eigenvalue weighted by Crippen LogP contribution is 2.28. The maximum Gasteiger partial charge on any atom is 0.272 e. The van der Waals surface area contributed by atoms with Crippen molar-refractivity contribution < 1.29 is 9.53 Å². The molecule has 0 N–H and O–H groups in total. The van der Waals surface area contributed by atoms with Crippen molar-refractivity contribution in [3.63, 3.8) is 0 Å². The number of ether oxygens (including phenoxy) is 1. The summed E-state index contributed by atoms with van der Waals surface area (Å²) in [6.07, 6.45) is 0.789. The summed E-state index contributed by atoms with van der Waals surface area (Å²) >= 11 is 0. The lowest BCUT2D eigenvalue weighted by molar-refractivity contribution is 0.0725. The van der Waals surface area contributed by atoms with Crippen molar-refractivity contribution in [3.8, 4) is 5.75 Å². The van der Waals surface area contributed by atoms with Gasteiger partial charge in [0.05, 0.1) is 7.11 Å². The Labute approximate surface area is 139 Å². The number of benzene rings is 1. The van der Waals surface area contributed by atoms with Crippen LogP contribution >= 0.6 is 0 Å². The molecule has 0 aliphatic carbocycles. The summed E-state index contributed by atoms with van der Waals surface area (Å²) in [7, 11) is 1.68. The molecule has 122 valence electrons. The SMILES string of the molecule is COc1cccc2c1CCN(C(=O)c1cccc3nc(C)nn13)C2. The van der Waals surface area contributed by atoms with Gasteiger partial charge in [0.1, 0.15) is 17.3 Å². The number of amides is 1. The minimum absolute atomic E-state index is 0.0287. The van der Waals surface area contributed by atoms with Crippen molar-refractivity contribution in [1.29, 1.82) is 0 Å². The van der Waals surface area contributed by atoms with Gasteiger partial charge in [-0.15, -0.1) is 0 Å². The summed E-state index contributed by atoms with van der Waals surface area (Å²) in [4.78, 5) is 19.2. The van der Waals surface area contributed by atoms with Crippen LogP contribution in [-0.2, 0) is 13.0 Å². The van der Waals surface area contributed by atoms with E-state index in [0.717, 1.165) is 17.7 Å². The summed E-state index contributed by atoms with van der Waals surface area (Å²) in [6, 6.07) is 11.5. The highest BCUT2D eigenvalue weighted by Gasteiger charge is 2.25. The number of aromatic nitrogens is 3. The van der Waals surface area contributed by atoms with Crippen LogP contribution in [0.2, 0.25) is 0 Å². The van der Waals surface area contributed by atoms with Gasteiger partial charge in [-0.25, -0.2) is 9.50 Å². The lowest BCUT2D eigenvalue weighted by Gasteiger charge is -2.29. The van der Waals surface area contributed by atoms with Crippen LogP contribution in [0.15, 0.2) is 36.4 Å². The molecule has 1 aromatic carbocycles. The predicted octanol–water partition coefficient (Wildman–Crippen LogP) is 2.24. The monoisotopic (exact) mass is 322 g/mol. The first kappa shape index (κ1) is 14.7. The van der Waals surface area contributed by atoms with E-state index in [1.54, 1.807) is 17.7 Å². The fourth-order valence-electron chi connectivity index (χ4n) is 3.28. The Morgan fingerprint density at radius 2 is 2.04 bits per heavy atom. The number of carbonyl (C=O) groups excluding carboxylic acids is 1. The molecule has 1 aliphatic rings. The van der Waals surface area contributed by atoms with E-state index in [0.29, 0.717) is 30.3 Å². The Balaban J connectivity index is 1.68. The van der Waals surface area contributed by atoms with E-state index < -0.39 is 0 Å². The molecule has 0 unspecified atom stereocenters. The van der Waals surface area contributed by atoms with Gasteiger partial charge in [-0.3, -0.25) is 4.79 Å². The van der Waals surface area contributed by atoms with Gasteiger partial charge in [0.25, 0.3) is 5.91 Å². The van der Waals surface area contributed by atoms with E-state index >= 15 is 0 Å². The minimum Gasteiger partial charge on any atom is -0.496 e. The highest BCUT2D eigenvalue weighted by atomic mass is 16.5. The molecule has 2 aromatic heterocycles. The van der Waals surface area contributed by atoms with Crippen molar-refractivity contribution in [2.45, 2.75) is 19.9 Å². The van der Waals surface area contributed by atoms with E-state index in [2.05, 4.69) is 16.1 Å². The predicted molar refractivity (Wildman–Crippen MR) is 89.2 cm³/mol. The molecule has 3 aromatic rings. The number of hydrogen-bond donors (Lipinski definition) is 0. The van der Waals surface area contributed by atoms with Crippen LogP contribution in [0.5, 0.6) is 5.75 Å². The van der Waals surface area contributed by atoms with Crippen molar-refractivity contribution in [1.82, 2.24) is 19.5 Å². The molecule has 0 radical (unpaired) electrons. The second-order valence-corrected chi connectivity index (χ2v) is 5.91. The number of aryl methyl sites for hydroxylation is 1. The normalized spacial score (nSPS) is 13.8. The van der Waals surface area contributed by atoms with Gasteiger partial charge in [-0.2, -0.15) is 5.10 Å².